The first-order chi connectivity index (χ1) is 19.8. The molecule has 4 aromatic rings. The van der Waals surface area contributed by atoms with Crippen molar-refractivity contribution in [3.05, 3.63) is 96.7 Å². The number of hydrazone groups is 1. The van der Waals surface area contributed by atoms with Crippen molar-refractivity contribution in [2.24, 2.45) is 15.3 Å². The van der Waals surface area contributed by atoms with Crippen LogP contribution in [0.3, 0.4) is 0 Å². The molecule has 3 heterocycles. The molecule has 1 unspecified atom stereocenters. The number of hydrogen-bond donors (Lipinski definition) is 4. The number of carbonyl (C=O) groups excluding carboxylic acids is 1. The number of aromatic nitrogens is 3. The number of halogens is 1. The zero-order valence-corrected chi connectivity index (χ0v) is 23.5. The van der Waals surface area contributed by atoms with E-state index < -0.39 is 0 Å². The second-order valence-electron chi connectivity index (χ2n) is 9.79. The predicted octanol–water partition coefficient (Wildman–Crippen LogP) is 5.88. The largest absolute Gasteiger partial charge is 0.493 e. The number of amides is 1. The van der Waals surface area contributed by atoms with E-state index in [0.717, 1.165) is 28.1 Å². The van der Waals surface area contributed by atoms with Gasteiger partial charge in [0.2, 0.25) is 11.8 Å². The fourth-order valence-electron chi connectivity index (χ4n) is 4.90. The summed E-state index contributed by atoms with van der Waals surface area (Å²) in [7, 11) is 0. The minimum atomic E-state index is -0.364. The van der Waals surface area contributed by atoms with Gasteiger partial charge in [0.15, 0.2) is 11.5 Å². The number of nitrogens with zero attached hydrogens (tertiary/aromatic N) is 5. The fraction of sp³-hybridized carbons (Fsp3) is 0.214. The van der Waals surface area contributed by atoms with Crippen LogP contribution >= 0.6 is 22.9 Å². The summed E-state index contributed by atoms with van der Waals surface area (Å²) in [6.07, 6.45) is 1.75. The molecule has 208 valence electrons. The highest BCUT2D eigenvalue weighted by molar-refractivity contribution is 7.09. The van der Waals surface area contributed by atoms with Crippen LogP contribution in [0.2, 0.25) is 5.02 Å². The highest BCUT2D eigenvalue weighted by Crippen LogP contribution is 2.43. The maximum Gasteiger partial charge on any atom is 0.294 e. The van der Waals surface area contributed by atoms with Gasteiger partial charge < -0.3 is 10.4 Å². The second-order valence-corrected chi connectivity index (χ2v) is 11.2. The number of aromatic amines is 1. The zero-order valence-electron chi connectivity index (χ0n) is 21.9. The van der Waals surface area contributed by atoms with Crippen molar-refractivity contribution in [2.75, 3.05) is 5.32 Å². The number of hydrogen-bond acceptors (Lipinski definition) is 9. The molecule has 2 aromatic carbocycles. The lowest BCUT2D eigenvalue weighted by molar-refractivity contribution is -0.120. The highest BCUT2D eigenvalue weighted by atomic mass is 35.5. The normalized spacial score (nSPS) is 17.4. The number of benzene rings is 2. The van der Waals surface area contributed by atoms with Crippen molar-refractivity contribution in [3.8, 4) is 5.88 Å². The fourth-order valence-corrected chi connectivity index (χ4v) is 5.69. The summed E-state index contributed by atoms with van der Waals surface area (Å²) in [5.41, 5.74) is 7.90. The van der Waals surface area contributed by atoms with Crippen molar-refractivity contribution in [1.82, 2.24) is 20.2 Å². The Morgan fingerprint density at radius 1 is 1.17 bits per heavy atom. The Balaban J connectivity index is 1.30. The van der Waals surface area contributed by atoms with E-state index in [-0.39, 0.29) is 35.5 Å². The summed E-state index contributed by atoms with van der Waals surface area (Å²) in [6, 6.07) is 14.7. The van der Waals surface area contributed by atoms with Crippen LogP contribution in [0.4, 0.5) is 17.2 Å². The maximum atomic E-state index is 13.1. The minimum Gasteiger partial charge on any atom is -0.493 e. The van der Waals surface area contributed by atoms with E-state index in [9.17, 15) is 14.7 Å². The molecule has 41 heavy (non-hydrogen) atoms. The van der Waals surface area contributed by atoms with E-state index in [2.05, 4.69) is 36.2 Å². The van der Waals surface area contributed by atoms with Gasteiger partial charge in [-0.2, -0.15) is 10.2 Å². The van der Waals surface area contributed by atoms with Crippen molar-refractivity contribution in [2.45, 2.75) is 38.6 Å². The molecule has 0 saturated carbocycles. The molecule has 11 nitrogen and oxygen atoms in total. The van der Waals surface area contributed by atoms with Gasteiger partial charge >= 0.3 is 0 Å². The SMILES string of the molecule is Cc1ccc(N=Nc2c3n([nH]c2=O)C(c2ccc(Cl)cc2)C2=C(CCC(=NNC(=O)Cc4nc(O)cs4)C2)N3)cc1. The summed E-state index contributed by atoms with van der Waals surface area (Å²) in [5, 5.41) is 31.4. The Bertz CT molecular complexity index is 1770. The van der Waals surface area contributed by atoms with Gasteiger partial charge in [-0.15, -0.1) is 16.5 Å². The topological polar surface area (TPSA) is 149 Å². The van der Waals surface area contributed by atoms with Crippen LogP contribution in [0.15, 0.2) is 85.3 Å². The third-order valence-electron chi connectivity index (χ3n) is 6.88. The third kappa shape index (κ3) is 5.70. The van der Waals surface area contributed by atoms with Crippen molar-refractivity contribution < 1.29 is 9.90 Å². The zero-order chi connectivity index (χ0) is 28.5. The number of aryl methyl sites for hydroxylation is 1. The summed E-state index contributed by atoms with van der Waals surface area (Å²) >= 11 is 7.40. The van der Waals surface area contributed by atoms with Gasteiger partial charge in [-0.3, -0.25) is 19.4 Å². The second kappa shape index (κ2) is 11.1. The number of allylic oxidation sites excluding steroid dienone is 2. The average molecular weight is 589 g/mol. The lowest BCUT2D eigenvalue weighted by Crippen LogP contribution is -2.30. The van der Waals surface area contributed by atoms with Crippen molar-refractivity contribution in [3.63, 3.8) is 0 Å². The Labute approximate surface area is 243 Å². The first kappa shape index (κ1) is 26.7. The molecule has 0 radical (unpaired) electrons. The van der Waals surface area contributed by atoms with Crippen LogP contribution in [-0.2, 0) is 11.2 Å². The Kier molecular flexibility index (Phi) is 7.25. The maximum absolute atomic E-state index is 13.1. The minimum absolute atomic E-state index is 0.0266. The van der Waals surface area contributed by atoms with Crippen LogP contribution in [0.25, 0.3) is 0 Å². The van der Waals surface area contributed by atoms with E-state index in [1.54, 1.807) is 4.68 Å². The predicted molar refractivity (Wildman–Crippen MR) is 158 cm³/mol. The number of anilines is 1. The number of aromatic hydroxyl groups is 1. The lowest BCUT2D eigenvalue weighted by atomic mass is 9.85. The first-order valence-electron chi connectivity index (χ1n) is 12.9. The first-order valence-corrected chi connectivity index (χ1v) is 14.1. The summed E-state index contributed by atoms with van der Waals surface area (Å²) in [5.74, 6) is 0.115. The van der Waals surface area contributed by atoms with Crippen LogP contribution in [0.1, 0.15) is 41.4 Å². The van der Waals surface area contributed by atoms with Crippen molar-refractivity contribution in [1.29, 1.82) is 0 Å². The summed E-state index contributed by atoms with van der Waals surface area (Å²) < 4.78 is 1.77. The van der Waals surface area contributed by atoms with E-state index in [4.69, 9.17) is 11.6 Å². The molecule has 2 aliphatic rings. The molecule has 0 bridgehead atoms. The van der Waals surface area contributed by atoms with Gasteiger partial charge in [0.25, 0.3) is 5.56 Å². The van der Waals surface area contributed by atoms with Gasteiger partial charge in [0.1, 0.15) is 11.0 Å². The quantitative estimate of drug-likeness (QED) is 0.164. The van der Waals surface area contributed by atoms with Crippen LogP contribution in [-0.4, -0.2) is 31.5 Å². The van der Waals surface area contributed by atoms with Gasteiger partial charge in [0.05, 0.1) is 17.5 Å². The molecular weight excluding hydrogens is 564 g/mol. The van der Waals surface area contributed by atoms with Gasteiger partial charge in [0, 0.05) is 22.9 Å². The Morgan fingerprint density at radius 2 is 1.95 bits per heavy atom. The number of fused-ring (bicyclic) bond motifs is 1. The molecule has 0 spiro atoms. The van der Waals surface area contributed by atoms with E-state index >= 15 is 0 Å². The number of carbonyl (C=O) groups is 1. The van der Waals surface area contributed by atoms with E-state index in [0.29, 0.717) is 40.8 Å². The molecule has 0 fully saturated rings. The third-order valence-corrected chi connectivity index (χ3v) is 7.97. The molecule has 1 aliphatic heterocycles. The molecule has 1 amide bonds. The van der Waals surface area contributed by atoms with Gasteiger partial charge in [-0.25, -0.2) is 10.4 Å². The summed E-state index contributed by atoms with van der Waals surface area (Å²) in [4.78, 5) is 29.4. The van der Waals surface area contributed by atoms with Crippen molar-refractivity contribution >= 4 is 51.7 Å². The van der Waals surface area contributed by atoms with Crippen LogP contribution in [0.5, 0.6) is 5.88 Å². The molecule has 1 atom stereocenters. The standard InChI is InChI=1S/C28H25ClN8O3S/c1-15-2-8-18(9-3-15)32-35-25-27-30-21-11-10-19(33-34-22(38)13-24-31-23(39)14-41-24)12-20(21)26(37(27)36-28(25)40)16-4-6-17(29)7-5-16/h2-9,14,26,30,39H,10-13H2,1H3,(H,34,38)(H,36,40). The van der Waals surface area contributed by atoms with Crippen LogP contribution < -0.4 is 16.3 Å². The van der Waals surface area contributed by atoms with E-state index in [1.807, 2.05) is 55.5 Å². The van der Waals surface area contributed by atoms with Crippen LogP contribution in [0, 0.1) is 6.92 Å². The molecular formula is C28H25ClN8O3S. The number of thiazole rings is 1. The summed E-state index contributed by atoms with van der Waals surface area (Å²) in [6.45, 7) is 1.99. The van der Waals surface area contributed by atoms with Gasteiger partial charge in [-0.05, 0) is 55.2 Å². The molecule has 0 saturated heterocycles. The molecule has 1 aliphatic carbocycles. The highest BCUT2D eigenvalue weighted by Gasteiger charge is 2.35. The van der Waals surface area contributed by atoms with Gasteiger partial charge in [-0.1, -0.05) is 41.4 Å². The average Bonchev–Trinajstić information content (AvgIpc) is 3.51. The Hall–Kier alpha value is -4.55. The molecule has 13 heteroatoms. The molecule has 4 N–H and O–H groups in total. The van der Waals surface area contributed by atoms with E-state index in [1.165, 1.54) is 16.7 Å². The molecule has 2 aromatic heterocycles. The number of rotatable bonds is 6. The number of H-pyrrole nitrogens is 1. The Morgan fingerprint density at radius 3 is 2.68 bits per heavy atom. The monoisotopic (exact) mass is 588 g/mol. The number of nitrogens with one attached hydrogen (secondary N) is 3. The molecule has 6 rings (SSSR count). The smallest absolute Gasteiger partial charge is 0.294 e. The number of azo groups is 1. The lowest BCUT2D eigenvalue weighted by Gasteiger charge is -2.35.